The molecule has 1 N–H and O–H groups in total. The third-order valence-electron chi connectivity index (χ3n) is 3.49. The number of benzene rings is 1. The van der Waals surface area contributed by atoms with E-state index in [4.69, 9.17) is 0 Å². The Morgan fingerprint density at radius 3 is 2.30 bits per heavy atom. The van der Waals surface area contributed by atoms with Gasteiger partial charge in [-0.1, -0.05) is 32.6 Å². The first-order chi connectivity index (χ1) is 10.8. The van der Waals surface area contributed by atoms with Gasteiger partial charge in [-0.05, 0) is 25.5 Å². The van der Waals surface area contributed by atoms with E-state index in [9.17, 15) is 23.3 Å². The molecule has 0 amide bonds. The lowest BCUT2D eigenvalue weighted by atomic mass is 10.1. The van der Waals surface area contributed by atoms with Crippen LogP contribution >= 0.6 is 0 Å². The fourth-order valence-electron chi connectivity index (χ4n) is 2.12. The average molecular weight is 342 g/mol. The molecule has 0 aliphatic heterocycles. The van der Waals surface area contributed by atoms with Crippen LogP contribution in [0.2, 0.25) is 0 Å². The Labute approximate surface area is 136 Å². The highest BCUT2D eigenvalue weighted by atomic mass is 32.2. The molecule has 0 heterocycles. The van der Waals surface area contributed by atoms with E-state index in [0.29, 0.717) is 6.42 Å². The molecule has 0 aliphatic carbocycles. The molecule has 0 fully saturated rings. The summed E-state index contributed by atoms with van der Waals surface area (Å²) in [5.74, 6) is -0.244. The summed E-state index contributed by atoms with van der Waals surface area (Å²) in [6, 6.07) is 3.80. The Morgan fingerprint density at radius 2 is 1.83 bits per heavy atom. The molecule has 0 aliphatic rings. The quantitative estimate of drug-likeness (QED) is 0.400. The van der Waals surface area contributed by atoms with Gasteiger partial charge in [-0.3, -0.25) is 14.9 Å². The number of nitrogens with one attached hydrogen (secondary N) is 1. The van der Waals surface area contributed by atoms with Crippen LogP contribution < -0.4 is 4.72 Å². The SMILES string of the molecule is CCCCCC[C@@H](NS(=O)(=O)c1ccc([N+](=O)[O-])cc1)C(C)=O. The summed E-state index contributed by atoms with van der Waals surface area (Å²) in [5, 5.41) is 10.6. The number of unbranched alkanes of at least 4 members (excludes halogenated alkanes) is 3. The zero-order valence-electron chi connectivity index (χ0n) is 13.3. The number of nitro groups is 1. The number of nitrogens with zero attached hydrogens (tertiary/aromatic N) is 1. The molecule has 128 valence electrons. The largest absolute Gasteiger partial charge is 0.298 e. The molecule has 23 heavy (non-hydrogen) atoms. The number of carbonyl (C=O) groups excluding carboxylic acids is 1. The highest BCUT2D eigenvalue weighted by Gasteiger charge is 2.23. The molecule has 8 heteroatoms. The second-order valence-electron chi connectivity index (χ2n) is 5.38. The number of rotatable bonds is 10. The van der Waals surface area contributed by atoms with Crippen LogP contribution in [0.25, 0.3) is 0 Å². The number of sulfonamides is 1. The van der Waals surface area contributed by atoms with Crippen molar-refractivity contribution in [2.24, 2.45) is 0 Å². The Bertz CT molecular complexity index is 640. The lowest BCUT2D eigenvalue weighted by molar-refractivity contribution is -0.384. The second-order valence-corrected chi connectivity index (χ2v) is 7.10. The molecule has 1 rings (SSSR count). The van der Waals surface area contributed by atoms with Gasteiger partial charge in [0.1, 0.15) is 5.78 Å². The molecule has 1 aromatic carbocycles. The molecule has 0 unspecified atom stereocenters. The first kappa shape index (κ1) is 19.2. The van der Waals surface area contributed by atoms with Crippen LogP contribution in [0, 0.1) is 10.1 Å². The second kappa shape index (κ2) is 8.73. The van der Waals surface area contributed by atoms with Crippen LogP contribution in [-0.4, -0.2) is 25.2 Å². The van der Waals surface area contributed by atoms with E-state index in [1.54, 1.807) is 0 Å². The number of ketones is 1. The normalized spacial score (nSPS) is 12.8. The number of non-ortho nitro benzene ring substituents is 1. The van der Waals surface area contributed by atoms with Gasteiger partial charge >= 0.3 is 0 Å². The Morgan fingerprint density at radius 1 is 1.22 bits per heavy atom. The predicted octanol–water partition coefficient (Wildman–Crippen LogP) is 2.80. The maximum atomic E-state index is 12.3. The van der Waals surface area contributed by atoms with Crippen LogP contribution in [0.15, 0.2) is 29.2 Å². The number of nitro benzene ring substituents is 1. The lowest BCUT2D eigenvalue weighted by Crippen LogP contribution is -2.39. The summed E-state index contributed by atoms with van der Waals surface area (Å²) in [4.78, 5) is 21.5. The monoisotopic (exact) mass is 342 g/mol. The van der Waals surface area contributed by atoms with Crippen LogP contribution in [-0.2, 0) is 14.8 Å². The summed E-state index contributed by atoms with van der Waals surface area (Å²) >= 11 is 0. The molecule has 0 bridgehead atoms. The van der Waals surface area contributed by atoms with E-state index in [1.165, 1.54) is 6.92 Å². The zero-order valence-corrected chi connectivity index (χ0v) is 14.1. The summed E-state index contributed by atoms with van der Waals surface area (Å²) in [6.07, 6.45) is 4.25. The van der Waals surface area contributed by atoms with Crippen LogP contribution in [0.4, 0.5) is 5.69 Å². The Kier molecular flexibility index (Phi) is 7.31. The molecule has 1 aromatic rings. The van der Waals surface area contributed by atoms with Crippen LogP contribution in [0.1, 0.15) is 46.0 Å². The van der Waals surface area contributed by atoms with Crippen molar-refractivity contribution in [2.75, 3.05) is 0 Å². The smallest absolute Gasteiger partial charge is 0.269 e. The molecule has 7 nitrogen and oxygen atoms in total. The number of hydrogen-bond donors (Lipinski definition) is 1. The summed E-state index contributed by atoms with van der Waals surface area (Å²) in [6.45, 7) is 3.42. The van der Waals surface area contributed by atoms with E-state index < -0.39 is 21.0 Å². The average Bonchev–Trinajstić information content (AvgIpc) is 2.50. The molecule has 0 radical (unpaired) electrons. The van der Waals surface area contributed by atoms with Crippen LogP contribution in [0.5, 0.6) is 0 Å². The van der Waals surface area contributed by atoms with Crippen molar-refractivity contribution in [1.82, 2.24) is 4.72 Å². The lowest BCUT2D eigenvalue weighted by Gasteiger charge is -2.16. The van der Waals surface area contributed by atoms with Gasteiger partial charge in [-0.15, -0.1) is 0 Å². The third kappa shape index (κ3) is 6.07. The first-order valence-electron chi connectivity index (χ1n) is 7.55. The van der Waals surface area contributed by atoms with E-state index in [1.807, 2.05) is 0 Å². The summed E-state index contributed by atoms with van der Waals surface area (Å²) in [7, 11) is -3.88. The third-order valence-corrected chi connectivity index (χ3v) is 4.98. The first-order valence-corrected chi connectivity index (χ1v) is 9.03. The predicted molar refractivity (Wildman–Crippen MR) is 86.6 cm³/mol. The minimum absolute atomic E-state index is 0.0945. The zero-order chi connectivity index (χ0) is 17.5. The van der Waals surface area contributed by atoms with Gasteiger partial charge in [-0.25, -0.2) is 13.1 Å². The van der Waals surface area contributed by atoms with Gasteiger partial charge in [0.15, 0.2) is 0 Å². The minimum atomic E-state index is -3.88. The molecular weight excluding hydrogens is 320 g/mol. The maximum absolute atomic E-state index is 12.3. The molecule has 0 saturated heterocycles. The Hall–Kier alpha value is -1.80. The summed E-state index contributed by atoms with van der Waals surface area (Å²) < 4.78 is 27.0. The number of hydrogen-bond acceptors (Lipinski definition) is 5. The van der Waals surface area contributed by atoms with Crippen molar-refractivity contribution in [2.45, 2.75) is 56.9 Å². The standard InChI is InChI=1S/C15H22N2O5S/c1-3-4-5-6-7-15(12(2)18)16-23(21,22)14-10-8-13(9-11-14)17(19)20/h8-11,15-16H,3-7H2,1-2H3/t15-/m1/s1. The van der Waals surface area contributed by atoms with E-state index in [2.05, 4.69) is 11.6 Å². The highest BCUT2D eigenvalue weighted by Crippen LogP contribution is 2.17. The van der Waals surface area contributed by atoms with Crippen molar-refractivity contribution >= 4 is 21.5 Å². The fraction of sp³-hybridized carbons (Fsp3) is 0.533. The van der Waals surface area contributed by atoms with Crippen LogP contribution in [0.3, 0.4) is 0 Å². The fourth-order valence-corrected chi connectivity index (χ4v) is 3.41. The van der Waals surface area contributed by atoms with Gasteiger partial charge in [-0.2, -0.15) is 0 Å². The maximum Gasteiger partial charge on any atom is 0.269 e. The van der Waals surface area contributed by atoms with Gasteiger partial charge < -0.3 is 0 Å². The Balaban J connectivity index is 2.80. The van der Waals surface area contributed by atoms with E-state index in [-0.39, 0.29) is 16.4 Å². The van der Waals surface area contributed by atoms with Crippen molar-refractivity contribution in [3.63, 3.8) is 0 Å². The van der Waals surface area contributed by atoms with Gasteiger partial charge in [0.05, 0.1) is 15.9 Å². The van der Waals surface area contributed by atoms with Crippen molar-refractivity contribution in [3.05, 3.63) is 34.4 Å². The van der Waals surface area contributed by atoms with Gasteiger partial charge in [0, 0.05) is 12.1 Å². The van der Waals surface area contributed by atoms with Gasteiger partial charge in [0.25, 0.3) is 5.69 Å². The van der Waals surface area contributed by atoms with Crippen molar-refractivity contribution < 1.29 is 18.1 Å². The number of Topliss-reactive ketones (excluding diaryl/α,β-unsaturated/α-hetero) is 1. The topological polar surface area (TPSA) is 106 Å². The van der Waals surface area contributed by atoms with E-state index >= 15 is 0 Å². The highest BCUT2D eigenvalue weighted by molar-refractivity contribution is 7.89. The van der Waals surface area contributed by atoms with E-state index in [0.717, 1.165) is 49.9 Å². The minimum Gasteiger partial charge on any atom is -0.298 e. The van der Waals surface area contributed by atoms with Crippen molar-refractivity contribution in [1.29, 1.82) is 0 Å². The number of carbonyl (C=O) groups is 1. The van der Waals surface area contributed by atoms with Gasteiger partial charge in [0.2, 0.25) is 10.0 Å². The summed E-state index contributed by atoms with van der Waals surface area (Å²) in [5.41, 5.74) is -0.188. The molecule has 0 aromatic heterocycles. The molecule has 1 atom stereocenters. The molecule has 0 saturated carbocycles. The molecule has 0 spiro atoms. The van der Waals surface area contributed by atoms with Crippen molar-refractivity contribution in [3.8, 4) is 0 Å². The molecular formula is C15H22N2O5S.